The van der Waals surface area contributed by atoms with Crippen molar-refractivity contribution in [3.05, 3.63) is 91.0 Å². The molecule has 0 fully saturated rings. The summed E-state index contributed by atoms with van der Waals surface area (Å²) in [6.45, 7) is 0. The first-order valence-electron chi connectivity index (χ1n) is 9.11. The Balaban J connectivity index is 2.25. The monoisotopic (exact) mass is 510 g/mol. The van der Waals surface area contributed by atoms with Gasteiger partial charge < -0.3 is 0 Å². The SMILES string of the molecule is O=S(=O)(OS(c1ccccc1)(c1ccccc1)c1ccccc1)C(F)(F)C(F)OC(F)(F)F. The van der Waals surface area contributed by atoms with Crippen molar-refractivity contribution in [1.29, 1.82) is 0 Å². The van der Waals surface area contributed by atoms with E-state index in [2.05, 4.69) is 4.74 Å². The average Bonchev–Trinajstić information content (AvgIpc) is 2.78. The van der Waals surface area contributed by atoms with E-state index < -0.39 is 38.4 Å². The lowest BCUT2D eigenvalue weighted by atomic mass is 10.4. The van der Waals surface area contributed by atoms with Crippen LogP contribution in [0.3, 0.4) is 0 Å². The number of hydrogen-bond donors (Lipinski definition) is 0. The van der Waals surface area contributed by atoms with E-state index in [-0.39, 0.29) is 14.7 Å². The summed E-state index contributed by atoms with van der Waals surface area (Å²) in [4.78, 5) is 0.400. The van der Waals surface area contributed by atoms with Crippen LogP contribution in [0.25, 0.3) is 0 Å². The van der Waals surface area contributed by atoms with E-state index in [1.807, 2.05) is 0 Å². The van der Waals surface area contributed by atoms with E-state index in [9.17, 15) is 34.8 Å². The Morgan fingerprint density at radius 3 is 1.27 bits per heavy atom. The molecule has 0 aliphatic carbocycles. The molecule has 0 saturated heterocycles. The highest BCUT2D eigenvalue weighted by atomic mass is 32.3. The lowest BCUT2D eigenvalue weighted by Gasteiger charge is -2.40. The molecule has 3 aromatic carbocycles. The van der Waals surface area contributed by atoms with Gasteiger partial charge in [-0.2, -0.15) is 17.2 Å². The Bertz CT molecular complexity index is 1060. The first kappa shape index (κ1) is 25.1. The van der Waals surface area contributed by atoms with Crippen molar-refractivity contribution in [3.63, 3.8) is 0 Å². The summed E-state index contributed by atoms with van der Waals surface area (Å²) in [5.74, 6) is 0. The molecule has 0 aliphatic rings. The minimum atomic E-state index is -6.33. The fourth-order valence-electron chi connectivity index (χ4n) is 2.84. The predicted molar refractivity (Wildman–Crippen MR) is 109 cm³/mol. The summed E-state index contributed by atoms with van der Waals surface area (Å²) in [6.07, 6.45) is -10.4. The van der Waals surface area contributed by atoms with Crippen LogP contribution in [-0.2, 0) is 18.5 Å². The number of benzene rings is 3. The third-order valence-electron chi connectivity index (χ3n) is 4.25. The third-order valence-corrected chi connectivity index (χ3v) is 9.44. The van der Waals surface area contributed by atoms with Gasteiger partial charge in [0.1, 0.15) is 0 Å². The number of ether oxygens (including phenoxy) is 1. The smallest absolute Gasteiger partial charge is 0.249 e. The molecule has 1 atom stereocenters. The molecule has 0 saturated carbocycles. The summed E-state index contributed by atoms with van der Waals surface area (Å²) < 4.78 is 113. The van der Waals surface area contributed by atoms with E-state index in [0.29, 0.717) is 0 Å². The van der Waals surface area contributed by atoms with Gasteiger partial charge in [0, 0.05) is 14.7 Å². The van der Waals surface area contributed by atoms with Crippen LogP contribution in [0.2, 0.25) is 0 Å². The van der Waals surface area contributed by atoms with Crippen LogP contribution >= 0.6 is 10.3 Å². The van der Waals surface area contributed by atoms with Crippen LogP contribution < -0.4 is 0 Å². The normalized spacial score (nSPS) is 14.6. The van der Waals surface area contributed by atoms with Gasteiger partial charge in [0.25, 0.3) is 6.36 Å². The number of alkyl halides is 6. The number of rotatable bonds is 8. The lowest BCUT2D eigenvalue weighted by Crippen LogP contribution is -2.44. The highest BCUT2D eigenvalue weighted by Gasteiger charge is 2.61. The highest BCUT2D eigenvalue weighted by Crippen LogP contribution is 2.70. The van der Waals surface area contributed by atoms with Gasteiger partial charge in [-0.25, -0.2) is 12.8 Å². The van der Waals surface area contributed by atoms with E-state index in [1.54, 1.807) is 18.2 Å². The Morgan fingerprint density at radius 1 is 0.636 bits per heavy atom. The average molecular weight is 510 g/mol. The molecule has 12 heteroatoms. The summed E-state index contributed by atoms with van der Waals surface area (Å²) in [5.41, 5.74) is 0. The van der Waals surface area contributed by atoms with Crippen LogP contribution in [0, 0.1) is 0 Å². The van der Waals surface area contributed by atoms with Crippen molar-refractivity contribution < 1.29 is 43.1 Å². The highest BCUT2D eigenvalue weighted by molar-refractivity contribution is 8.33. The summed E-state index contributed by atoms with van der Waals surface area (Å²) in [6, 6.07) is 22.3. The quantitative estimate of drug-likeness (QED) is 0.318. The van der Waals surface area contributed by atoms with Crippen molar-refractivity contribution in [2.45, 2.75) is 32.7 Å². The largest absolute Gasteiger partial charge is 0.525 e. The maximum absolute atomic E-state index is 14.5. The fourth-order valence-corrected chi connectivity index (χ4v) is 7.94. The Kier molecular flexibility index (Phi) is 7.13. The van der Waals surface area contributed by atoms with Gasteiger partial charge in [0.05, 0.1) is 0 Å². The molecule has 4 nitrogen and oxygen atoms in total. The molecule has 33 heavy (non-hydrogen) atoms. The van der Waals surface area contributed by atoms with Gasteiger partial charge in [0.15, 0.2) is 0 Å². The zero-order valence-corrected chi connectivity index (χ0v) is 18.1. The maximum Gasteiger partial charge on any atom is 0.525 e. The Hall–Kier alpha value is -2.54. The van der Waals surface area contributed by atoms with Crippen molar-refractivity contribution >= 4 is 20.4 Å². The molecule has 0 heterocycles. The fraction of sp³-hybridized carbons (Fsp3) is 0.143. The van der Waals surface area contributed by atoms with Gasteiger partial charge in [0.2, 0.25) is 0 Å². The molecule has 3 aromatic rings. The van der Waals surface area contributed by atoms with Gasteiger partial charge >= 0.3 is 21.7 Å². The van der Waals surface area contributed by atoms with Crippen molar-refractivity contribution in [2.75, 3.05) is 0 Å². The standard InChI is InChI=1S/C21H16F6O4S2/c22-19(30-21(25,26)27)20(23,24)33(28,29)31-32(16-10-4-1-5-11-16,17-12-6-2-7-13-17)18-14-8-3-9-15-18/h1-15,19H. The summed E-state index contributed by atoms with van der Waals surface area (Å²) in [7, 11) is -9.85. The van der Waals surface area contributed by atoms with Crippen molar-refractivity contribution in [3.8, 4) is 0 Å². The van der Waals surface area contributed by atoms with E-state index in [0.717, 1.165) is 0 Å². The van der Waals surface area contributed by atoms with Gasteiger partial charge in [-0.3, -0.25) is 0 Å². The second kappa shape index (κ2) is 9.37. The minimum absolute atomic E-state index is 0.133. The van der Waals surface area contributed by atoms with Crippen LogP contribution in [-0.4, -0.2) is 26.4 Å². The maximum atomic E-state index is 14.5. The molecule has 0 radical (unpaired) electrons. The zero-order valence-electron chi connectivity index (χ0n) is 16.5. The molecule has 0 spiro atoms. The molecule has 3 rings (SSSR count). The van der Waals surface area contributed by atoms with Crippen LogP contribution in [0.1, 0.15) is 0 Å². The molecule has 0 aliphatic heterocycles. The molecule has 0 N–H and O–H groups in total. The molecule has 1 unspecified atom stereocenters. The summed E-state index contributed by atoms with van der Waals surface area (Å²) in [5, 5.41) is -5.68. The number of halogens is 6. The second-order valence-corrected chi connectivity index (χ2v) is 11.0. The lowest BCUT2D eigenvalue weighted by molar-refractivity contribution is -0.378. The number of hydrogen-bond acceptors (Lipinski definition) is 4. The molecule has 0 aromatic heterocycles. The van der Waals surface area contributed by atoms with E-state index >= 15 is 0 Å². The van der Waals surface area contributed by atoms with Crippen LogP contribution in [0.4, 0.5) is 26.3 Å². The minimum Gasteiger partial charge on any atom is -0.249 e. The topological polar surface area (TPSA) is 52.6 Å². The summed E-state index contributed by atoms with van der Waals surface area (Å²) >= 11 is 0. The first-order valence-corrected chi connectivity index (χ1v) is 12.1. The van der Waals surface area contributed by atoms with Gasteiger partial charge in [-0.1, -0.05) is 54.6 Å². The molecule has 0 amide bonds. The van der Waals surface area contributed by atoms with Crippen LogP contribution in [0.5, 0.6) is 0 Å². The molecule has 178 valence electrons. The Morgan fingerprint density at radius 2 is 0.970 bits per heavy atom. The Labute approximate surface area is 187 Å². The van der Waals surface area contributed by atoms with E-state index in [4.69, 9.17) is 3.63 Å². The predicted octanol–water partition coefficient (Wildman–Crippen LogP) is 6.65. The zero-order chi connectivity index (χ0) is 24.3. The van der Waals surface area contributed by atoms with Crippen LogP contribution in [0.15, 0.2) is 106 Å². The molecular formula is C21H16F6O4S2. The van der Waals surface area contributed by atoms with E-state index in [1.165, 1.54) is 72.8 Å². The second-order valence-electron chi connectivity index (χ2n) is 6.46. The van der Waals surface area contributed by atoms with Gasteiger partial charge in [-0.15, -0.1) is 13.2 Å². The molecule has 0 bridgehead atoms. The third kappa shape index (κ3) is 5.18. The first-order chi connectivity index (χ1) is 15.4. The molecular weight excluding hydrogens is 494 g/mol. The van der Waals surface area contributed by atoms with Gasteiger partial charge in [-0.05, 0) is 46.7 Å². The van der Waals surface area contributed by atoms with Crippen molar-refractivity contribution in [1.82, 2.24) is 0 Å². The van der Waals surface area contributed by atoms with Crippen molar-refractivity contribution in [2.24, 2.45) is 0 Å².